The van der Waals surface area contributed by atoms with Crippen molar-refractivity contribution in [1.29, 1.82) is 0 Å². The number of amides is 1. The monoisotopic (exact) mass is 910 g/mol. The van der Waals surface area contributed by atoms with Gasteiger partial charge in [0.2, 0.25) is 0 Å². The summed E-state index contributed by atoms with van der Waals surface area (Å²) in [7, 11) is 0. The van der Waals surface area contributed by atoms with E-state index in [-0.39, 0.29) is 11.5 Å². The number of ether oxygens (including phenoxy) is 3. The van der Waals surface area contributed by atoms with Gasteiger partial charge in [-0.3, -0.25) is 0 Å². The molecule has 0 fully saturated rings. The van der Waals surface area contributed by atoms with E-state index in [1.165, 1.54) is 70.5 Å². The van der Waals surface area contributed by atoms with Crippen LogP contribution in [0.15, 0.2) is 110 Å². The maximum atomic E-state index is 12.3. The summed E-state index contributed by atoms with van der Waals surface area (Å²) in [4.78, 5) is 29.1. The molecule has 0 unspecified atom stereocenters. The van der Waals surface area contributed by atoms with Crippen LogP contribution in [0.1, 0.15) is 31.9 Å². The summed E-state index contributed by atoms with van der Waals surface area (Å²) in [6, 6.07) is 26.0. The maximum Gasteiger partial charge on any atom is 0.573 e. The number of halogens is 9. The van der Waals surface area contributed by atoms with Crippen molar-refractivity contribution in [3.8, 4) is 45.6 Å². The van der Waals surface area contributed by atoms with Gasteiger partial charge in [-0.1, -0.05) is 48.5 Å². The van der Waals surface area contributed by atoms with E-state index in [2.05, 4.69) is 35.0 Å². The molecule has 14 nitrogen and oxygen atoms in total. The van der Waals surface area contributed by atoms with E-state index in [1.54, 1.807) is 20.8 Å². The van der Waals surface area contributed by atoms with Gasteiger partial charge in [0.05, 0.1) is 11.4 Å². The maximum absolute atomic E-state index is 12.3. The number of carbonyl (C=O) groups is 2. The number of nitrogens with two attached hydrogens (primary N) is 1. The highest BCUT2D eigenvalue weighted by Gasteiger charge is 2.38. The van der Waals surface area contributed by atoms with Gasteiger partial charge in [0.1, 0.15) is 29.8 Å². The van der Waals surface area contributed by atoms with Crippen molar-refractivity contribution in [2.24, 2.45) is 5.73 Å². The average molecular weight is 911 g/mol. The van der Waals surface area contributed by atoms with E-state index < -0.39 is 36.6 Å². The third-order valence-corrected chi connectivity index (χ3v) is 7.84. The Morgan fingerprint density at radius 3 is 1.33 bits per heavy atom. The largest absolute Gasteiger partial charge is 0.573 e. The summed E-state index contributed by atoms with van der Waals surface area (Å²) in [6.45, 7) is 6.43. The Hall–Kier alpha value is -7.17. The lowest BCUT2D eigenvalue weighted by atomic mass is 10.1. The van der Waals surface area contributed by atoms with Crippen LogP contribution in [0.2, 0.25) is 0 Å². The fourth-order valence-electron chi connectivity index (χ4n) is 5.07. The molecule has 0 aliphatic rings. The Bertz CT molecular complexity index is 2390. The Morgan fingerprint density at radius 2 is 1.00 bits per heavy atom. The summed E-state index contributed by atoms with van der Waals surface area (Å²) in [5.74, 6) is -2.35. The normalized spacial score (nSPS) is 11.6. The van der Waals surface area contributed by atoms with Crippen LogP contribution < -0.4 is 20.5 Å². The number of nitrogens with zero attached hydrogens (tertiary/aromatic N) is 6. The first-order valence-corrected chi connectivity index (χ1v) is 18.6. The van der Waals surface area contributed by atoms with Crippen LogP contribution in [0, 0.1) is 0 Å². The number of nitrogens with one attached hydrogen (secondary N) is 1. The molecule has 0 spiro atoms. The van der Waals surface area contributed by atoms with E-state index in [0.717, 1.165) is 28.7 Å². The molecule has 0 atom stereocenters. The second-order valence-electron chi connectivity index (χ2n) is 14.0. The quantitative estimate of drug-likeness (QED) is 0.106. The molecular formula is C41H39F9N8O6. The standard InChI is InChI=1S/C22H23F3N4O3.C17H15F3N4O.C2HF3O2/c1-21(2,3)32-20(30)26-13-12-15-4-6-16(7-5-15)19-27-14-29(28-19)17-8-10-18(11-9-17)31-22(23,24)25;18-17(19,20)25-15-7-5-14(6-8-15)24-11-22-16(23-24)13-3-1-12(2-4-13)9-10-21;3-2(4,5)1(6)7/h4-11,14H,12-13H2,1-3H3,(H,26,30);1-8,11H,9-10,21H2;(H,6,7). The molecule has 0 radical (unpaired) electrons. The number of aliphatic carboxylic acids is 1. The highest BCUT2D eigenvalue weighted by Crippen LogP contribution is 2.26. The third-order valence-electron chi connectivity index (χ3n) is 7.84. The van der Waals surface area contributed by atoms with Crippen molar-refractivity contribution in [3.05, 3.63) is 121 Å². The molecule has 64 heavy (non-hydrogen) atoms. The Labute approximate surface area is 358 Å². The van der Waals surface area contributed by atoms with Gasteiger partial charge in [-0.2, -0.15) is 13.2 Å². The summed E-state index contributed by atoms with van der Waals surface area (Å²) in [5.41, 5.74) is 9.88. The Balaban J connectivity index is 0.000000249. The smallest absolute Gasteiger partial charge is 0.475 e. The molecule has 0 saturated heterocycles. The highest BCUT2D eigenvalue weighted by molar-refractivity contribution is 5.73. The first-order chi connectivity index (χ1) is 29.9. The van der Waals surface area contributed by atoms with Crippen molar-refractivity contribution in [1.82, 2.24) is 34.8 Å². The Morgan fingerprint density at radius 1 is 0.625 bits per heavy atom. The molecule has 2 aromatic heterocycles. The van der Waals surface area contributed by atoms with Crippen molar-refractivity contribution in [2.45, 2.75) is 58.1 Å². The topological polar surface area (TPSA) is 182 Å². The van der Waals surface area contributed by atoms with Crippen molar-refractivity contribution in [2.75, 3.05) is 13.1 Å². The van der Waals surface area contributed by atoms with Gasteiger partial charge in [-0.15, -0.1) is 36.5 Å². The molecule has 0 saturated carbocycles. The van der Waals surface area contributed by atoms with Gasteiger partial charge in [-0.05, 0) is 99.8 Å². The van der Waals surface area contributed by atoms with Crippen LogP contribution in [0.25, 0.3) is 34.2 Å². The van der Waals surface area contributed by atoms with Crippen molar-refractivity contribution >= 4 is 12.1 Å². The van der Waals surface area contributed by atoms with Gasteiger partial charge < -0.3 is 30.4 Å². The lowest BCUT2D eigenvalue weighted by Crippen LogP contribution is -2.33. The second kappa shape index (κ2) is 21.3. The fourth-order valence-corrected chi connectivity index (χ4v) is 5.07. The predicted molar refractivity (Wildman–Crippen MR) is 211 cm³/mol. The lowest BCUT2D eigenvalue weighted by molar-refractivity contribution is -0.275. The minimum atomic E-state index is -5.08. The molecule has 6 aromatic rings. The molecule has 4 N–H and O–H groups in total. The summed E-state index contributed by atoms with van der Waals surface area (Å²) >= 11 is 0. The summed E-state index contributed by atoms with van der Waals surface area (Å²) < 4.78 is 121. The van der Waals surface area contributed by atoms with Crippen molar-refractivity contribution < 1.29 is 68.4 Å². The molecule has 4 aromatic carbocycles. The number of alkyl halides is 9. The van der Waals surface area contributed by atoms with Gasteiger partial charge in [0.15, 0.2) is 11.6 Å². The molecule has 6 rings (SSSR count). The van der Waals surface area contributed by atoms with Crippen LogP contribution in [-0.2, 0) is 22.4 Å². The van der Waals surface area contributed by atoms with Crippen molar-refractivity contribution in [3.63, 3.8) is 0 Å². The fraction of sp³-hybridized carbons (Fsp3) is 0.268. The zero-order valence-corrected chi connectivity index (χ0v) is 33.9. The van der Waals surface area contributed by atoms with E-state index in [0.29, 0.717) is 42.5 Å². The molecule has 0 bridgehead atoms. The predicted octanol–water partition coefficient (Wildman–Crippen LogP) is 8.87. The number of rotatable bonds is 11. The molecule has 0 aliphatic heterocycles. The Kier molecular flexibility index (Phi) is 16.4. The summed E-state index contributed by atoms with van der Waals surface area (Å²) in [6.07, 6.45) is -10.6. The van der Waals surface area contributed by atoms with Gasteiger partial charge in [0.25, 0.3) is 0 Å². The molecular weight excluding hydrogens is 871 g/mol. The second-order valence-corrected chi connectivity index (χ2v) is 14.0. The molecule has 23 heteroatoms. The van der Waals surface area contributed by atoms with Gasteiger partial charge >= 0.3 is 31.0 Å². The van der Waals surface area contributed by atoms with E-state index >= 15 is 0 Å². The minimum Gasteiger partial charge on any atom is -0.475 e. The zero-order valence-electron chi connectivity index (χ0n) is 33.9. The zero-order chi connectivity index (χ0) is 47.3. The van der Waals surface area contributed by atoms with Crippen LogP contribution >= 0.6 is 0 Å². The van der Waals surface area contributed by atoms with Crippen LogP contribution in [0.3, 0.4) is 0 Å². The lowest BCUT2D eigenvalue weighted by Gasteiger charge is -2.19. The van der Waals surface area contributed by atoms with Gasteiger partial charge in [-0.25, -0.2) is 28.9 Å². The van der Waals surface area contributed by atoms with Crippen LogP contribution in [0.5, 0.6) is 11.5 Å². The van der Waals surface area contributed by atoms with E-state index in [9.17, 15) is 44.3 Å². The number of carbonyl (C=O) groups excluding carboxylic acids is 1. The first kappa shape index (κ1) is 49.5. The van der Waals surface area contributed by atoms with Crippen LogP contribution in [-0.4, -0.2) is 84.3 Å². The van der Waals surface area contributed by atoms with Gasteiger partial charge in [0, 0.05) is 17.7 Å². The van der Waals surface area contributed by atoms with E-state index in [1.807, 2.05) is 48.5 Å². The SMILES string of the molecule is CC(C)(C)OC(=O)NCCc1ccc(-c2ncn(-c3ccc(OC(F)(F)F)cc3)n2)cc1.NCCc1ccc(-c2ncn(-c3ccc(OC(F)(F)F)cc3)n2)cc1.O=C(O)C(F)(F)F. The van der Waals surface area contributed by atoms with Crippen LogP contribution in [0.4, 0.5) is 44.3 Å². The molecule has 1 amide bonds. The molecule has 2 heterocycles. The number of carboxylic acids is 1. The minimum absolute atomic E-state index is 0.285. The number of carboxylic acid groups (broad SMARTS) is 1. The molecule has 0 aliphatic carbocycles. The molecule has 342 valence electrons. The third kappa shape index (κ3) is 16.9. The number of benzene rings is 4. The number of aromatic nitrogens is 6. The highest BCUT2D eigenvalue weighted by atomic mass is 19.4. The number of hydrogen-bond acceptors (Lipinski definition) is 10. The first-order valence-electron chi connectivity index (χ1n) is 18.6. The number of alkyl carbamates (subject to hydrolysis) is 1. The average Bonchev–Trinajstić information content (AvgIpc) is 3.89. The number of hydrogen-bond donors (Lipinski definition) is 3. The summed E-state index contributed by atoms with van der Waals surface area (Å²) in [5, 5.41) is 18.6. The van der Waals surface area contributed by atoms with E-state index in [4.69, 9.17) is 20.4 Å².